The Bertz CT molecular complexity index is 577. The summed E-state index contributed by atoms with van der Waals surface area (Å²) in [6.45, 7) is 4.79. The van der Waals surface area contributed by atoms with Crippen LogP contribution in [0.25, 0.3) is 11.0 Å². The van der Waals surface area contributed by atoms with Gasteiger partial charge in [0.15, 0.2) is 0 Å². The molecule has 0 aliphatic heterocycles. The number of fused-ring (bicyclic) bond motifs is 1. The lowest BCUT2D eigenvalue weighted by atomic mass is 10.2. The fourth-order valence-corrected chi connectivity index (χ4v) is 1.82. The number of nitrogens with one attached hydrogen (secondary N) is 1. The molecule has 2 aromatic rings. The summed E-state index contributed by atoms with van der Waals surface area (Å²) in [5, 5.41) is 3.95. The van der Waals surface area contributed by atoms with E-state index in [4.69, 9.17) is 9.15 Å². The van der Waals surface area contributed by atoms with Gasteiger partial charge in [-0.2, -0.15) is 0 Å². The van der Waals surface area contributed by atoms with Gasteiger partial charge in [-0.05, 0) is 12.0 Å². The molecule has 0 saturated carbocycles. The second-order valence-corrected chi connectivity index (χ2v) is 5.25. The number of alkyl halides is 1. The van der Waals surface area contributed by atoms with E-state index in [0.29, 0.717) is 23.8 Å². The summed E-state index contributed by atoms with van der Waals surface area (Å²) in [7, 11) is 0. The minimum absolute atomic E-state index is 0.110. The van der Waals surface area contributed by atoms with Gasteiger partial charge >= 0.3 is 0 Å². The monoisotopic (exact) mass is 325 g/mol. The van der Waals surface area contributed by atoms with Crippen LogP contribution in [0.2, 0.25) is 0 Å². The quantitative estimate of drug-likeness (QED) is 0.850. The Balaban J connectivity index is 2.31. The minimum atomic E-state index is -0.110. The van der Waals surface area contributed by atoms with E-state index >= 15 is 0 Å². The van der Waals surface area contributed by atoms with Gasteiger partial charge in [0.2, 0.25) is 5.91 Å². The van der Waals surface area contributed by atoms with Crippen LogP contribution < -0.4 is 10.1 Å². The fraction of sp³-hybridized carbons (Fsp3) is 0.357. The predicted octanol–water partition coefficient (Wildman–Crippen LogP) is 3.80. The number of anilines is 1. The first-order chi connectivity index (χ1) is 9.10. The molecule has 0 bridgehead atoms. The van der Waals surface area contributed by atoms with Crippen LogP contribution in [-0.4, -0.2) is 17.8 Å². The molecule has 5 heteroatoms. The number of amides is 1. The molecule has 102 valence electrons. The first kappa shape index (κ1) is 13.9. The van der Waals surface area contributed by atoms with E-state index in [9.17, 15) is 4.79 Å². The topological polar surface area (TPSA) is 51.5 Å². The first-order valence-electron chi connectivity index (χ1n) is 6.10. The van der Waals surface area contributed by atoms with Crippen molar-refractivity contribution >= 4 is 38.5 Å². The van der Waals surface area contributed by atoms with Gasteiger partial charge in [0.05, 0.1) is 23.6 Å². The maximum atomic E-state index is 11.4. The summed E-state index contributed by atoms with van der Waals surface area (Å²) in [6, 6.07) is 5.47. The highest BCUT2D eigenvalue weighted by molar-refractivity contribution is 9.09. The summed E-state index contributed by atoms with van der Waals surface area (Å²) in [5.41, 5.74) is 1.37. The number of furan rings is 1. The van der Waals surface area contributed by atoms with Gasteiger partial charge in [-0.25, -0.2) is 0 Å². The van der Waals surface area contributed by atoms with E-state index in [2.05, 4.69) is 35.1 Å². The molecule has 1 aromatic carbocycles. The van der Waals surface area contributed by atoms with E-state index in [1.54, 1.807) is 12.3 Å². The van der Waals surface area contributed by atoms with Gasteiger partial charge in [-0.3, -0.25) is 4.79 Å². The van der Waals surface area contributed by atoms with Crippen molar-refractivity contribution in [3.63, 3.8) is 0 Å². The van der Waals surface area contributed by atoms with Crippen molar-refractivity contribution in [1.29, 1.82) is 0 Å². The smallest absolute Gasteiger partial charge is 0.235 e. The maximum Gasteiger partial charge on any atom is 0.235 e. The molecule has 0 fully saturated rings. The molecule has 1 N–H and O–H groups in total. The molecule has 4 nitrogen and oxygen atoms in total. The molecule has 1 heterocycles. The van der Waals surface area contributed by atoms with Gasteiger partial charge < -0.3 is 14.5 Å². The van der Waals surface area contributed by atoms with Gasteiger partial charge in [-0.15, -0.1) is 0 Å². The van der Waals surface area contributed by atoms with Crippen molar-refractivity contribution < 1.29 is 13.9 Å². The molecule has 0 aliphatic carbocycles. The first-order valence-corrected chi connectivity index (χ1v) is 7.22. The number of hydrogen-bond acceptors (Lipinski definition) is 3. The summed E-state index contributed by atoms with van der Waals surface area (Å²) >= 11 is 3.12. The Morgan fingerprint density at radius 3 is 2.95 bits per heavy atom. The van der Waals surface area contributed by atoms with E-state index in [1.165, 1.54) is 0 Å². The molecular weight excluding hydrogens is 310 g/mol. The van der Waals surface area contributed by atoms with Crippen LogP contribution in [0.4, 0.5) is 5.69 Å². The van der Waals surface area contributed by atoms with Crippen molar-refractivity contribution in [3.8, 4) is 5.75 Å². The van der Waals surface area contributed by atoms with Crippen LogP contribution in [0.15, 0.2) is 28.9 Å². The summed E-state index contributed by atoms with van der Waals surface area (Å²) < 4.78 is 11.2. The summed E-state index contributed by atoms with van der Waals surface area (Å²) in [6.07, 6.45) is 1.61. The van der Waals surface area contributed by atoms with Gasteiger partial charge in [0.25, 0.3) is 0 Å². The lowest BCUT2D eigenvalue weighted by Gasteiger charge is -2.11. The van der Waals surface area contributed by atoms with Crippen LogP contribution in [0.1, 0.15) is 13.8 Å². The van der Waals surface area contributed by atoms with Gasteiger partial charge in [0.1, 0.15) is 11.3 Å². The molecular formula is C14H16BrNO3. The molecule has 0 spiro atoms. The summed E-state index contributed by atoms with van der Waals surface area (Å²) in [4.78, 5) is 11.4. The fourth-order valence-electron chi connectivity index (χ4n) is 1.68. The highest BCUT2D eigenvalue weighted by atomic mass is 79.9. The summed E-state index contributed by atoms with van der Waals surface area (Å²) in [5.74, 6) is 1.05. The van der Waals surface area contributed by atoms with Crippen molar-refractivity contribution in [3.05, 3.63) is 24.5 Å². The maximum absolute atomic E-state index is 11.4. The number of rotatable bonds is 5. The Morgan fingerprint density at radius 2 is 2.26 bits per heavy atom. The Morgan fingerprint density at radius 1 is 1.47 bits per heavy atom. The number of ether oxygens (including phenoxy) is 1. The molecule has 1 amide bonds. The third-order valence-corrected chi connectivity index (χ3v) is 3.02. The second-order valence-electron chi connectivity index (χ2n) is 4.69. The van der Waals surface area contributed by atoms with Crippen LogP contribution in [0.3, 0.4) is 0 Å². The Kier molecular flexibility index (Phi) is 4.47. The molecule has 0 unspecified atom stereocenters. The van der Waals surface area contributed by atoms with Crippen LogP contribution >= 0.6 is 15.9 Å². The van der Waals surface area contributed by atoms with Crippen LogP contribution in [-0.2, 0) is 4.79 Å². The highest BCUT2D eigenvalue weighted by Crippen LogP contribution is 2.31. The number of benzene rings is 1. The van der Waals surface area contributed by atoms with E-state index in [0.717, 1.165) is 11.1 Å². The van der Waals surface area contributed by atoms with E-state index in [1.807, 2.05) is 12.1 Å². The molecule has 0 atom stereocenters. The molecule has 19 heavy (non-hydrogen) atoms. The lowest BCUT2D eigenvalue weighted by molar-refractivity contribution is -0.113. The Labute approximate surface area is 120 Å². The average molecular weight is 326 g/mol. The van der Waals surface area contributed by atoms with Crippen molar-refractivity contribution in [1.82, 2.24) is 0 Å². The minimum Gasteiger partial charge on any atom is -0.492 e. The third kappa shape index (κ3) is 3.50. The number of halogens is 1. The third-order valence-electron chi connectivity index (χ3n) is 2.51. The molecule has 0 aliphatic rings. The predicted molar refractivity (Wildman–Crippen MR) is 79.0 cm³/mol. The number of hydrogen-bond donors (Lipinski definition) is 1. The molecule has 2 rings (SSSR count). The van der Waals surface area contributed by atoms with Gasteiger partial charge in [-0.1, -0.05) is 29.8 Å². The zero-order valence-electron chi connectivity index (χ0n) is 10.9. The zero-order valence-corrected chi connectivity index (χ0v) is 12.5. The standard InChI is InChI=1S/C14H16BrNO3/c1-9(2)8-19-13-6-10(16-14(17)7-15)5-12-11(13)3-4-18-12/h3-6,9H,7-8H2,1-2H3,(H,16,17). The van der Waals surface area contributed by atoms with Crippen molar-refractivity contribution in [2.24, 2.45) is 5.92 Å². The second kappa shape index (κ2) is 6.10. The molecule has 0 radical (unpaired) electrons. The Hall–Kier alpha value is -1.49. The van der Waals surface area contributed by atoms with Crippen LogP contribution in [0.5, 0.6) is 5.75 Å². The molecule has 1 aromatic heterocycles. The lowest BCUT2D eigenvalue weighted by Crippen LogP contribution is -2.12. The van der Waals surface area contributed by atoms with E-state index in [-0.39, 0.29) is 11.2 Å². The highest BCUT2D eigenvalue weighted by Gasteiger charge is 2.10. The van der Waals surface area contributed by atoms with E-state index < -0.39 is 0 Å². The molecule has 0 saturated heterocycles. The largest absolute Gasteiger partial charge is 0.492 e. The van der Waals surface area contributed by atoms with Crippen LogP contribution in [0, 0.1) is 5.92 Å². The number of carbonyl (C=O) groups is 1. The normalized spacial score (nSPS) is 10.9. The number of carbonyl (C=O) groups excluding carboxylic acids is 1. The average Bonchev–Trinajstić information content (AvgIpc) is 2.83. The van der Waals surface area contributed by atoms with Crippen molar-refractivity contribution in [2.45, 2.75) is 13.8 Å². The van der Waals surface area contributed by atoms with Crippen molar-refractivity contribution in [2.75, 3.05) is 17.3 Å². The SMILES string of the molecule is CC(C)COc1cc(NC(=O)CBr)cc2occc12. The zero-order chi connectivity index (χ0) is 13.8. The van der Waals surface area contributed by atoms with Gasteiger partial charge in [0, 0.05) is 17.8 Å².